The lowest BCUT2D eigenvalue weighted by Crippen LogP contribution is -2.29. The Balaban J connectivity index is 1.48. The van der Waals surface area contributed by atoms with Crippen LogP contribution in [0.3, 0.4) is 0 Å². The van der Waals surface area contributed by atoms with Crippen molar-refractivity contribution < 1.29 is 9.72 Å². The number of non-ortho nitro benzene ring substituents is 1. The Morgan fingerprint density at radius 3 is 2.77 bits per heavy atom. The van der Waals surface area contributed by atoms with Gasteiger partial charge in [0, 0.05) is 49.9 Å². The summed E-state index contributed by atoms with van der Waals surface area (Å²) in [5.74, 6) is 1.25. The average molecular weight is 356 g/mol. The fourth-order valence-corrected chi connectivity index (χ4v) is 2.79. The van der Waals surface area contributed by atoms with Crippen molar-refractivity contribution in [2.24, 2.45) is 0 Å². The summed E-state index contributed by atoms with van der Waals surface area (Å²) < 4.78 is 0. The molecule has 1 aromatic carbocycles. The molecule has 2 heterocycles. The summed E-state index contributed by atoms with van der Waals surface area (Å²) in [5, 5.41) is 16.6. The number of nitrogens with zero attached hydrogens (tertiary/aromatic N) is 4. The molecule has 1 aliphatic rings. The molecule has 2 aromatic rings. The number of nitro groups is 1. The fraction of sp³-hybridized carbons (Fsp3) is 0.353. The number of amides is 1. The van der Waals surface area contributed by atoms with Crippen molar-refractivity contribution in [2.45, 2.75) is 12.8 Å². The molecule has 0 radical (unpaired) electrons. The van der Waals surface area contributed by atoms with Gasteiger partial charge in [-0.25, -0.2) is 9.97 Å². The molecule has 0 spiro atoms. The van der Waals surface area contributed by atoms with Gasteiger partial charge in [-0.2, -0.15) is 0 Å². The Hall–Kier alpha value is -3.23. The van der Waals surface area contributed by atoms with Crippen molar-refractivity contribution >= 4 is 23.2 Å². The van der Waals surface area contributed by atoms with E-state index in [1.807, 2.05) is 6.07 Å². The van der Waals surface area contributed by atoms with Crippen LogP contribution in [0.4, 0.5) is 17.3 Å². The molecule has 136 valence electrons. The molecule has 0 saturated carbocycles. The van der Waals surface area contributed by atoms with Gasteiger partial charge in [-0.3, -0.25) is 14.9 Å². The van der Waals surface area contributed by atoms with E-state index in [-0.39, 0.29) is 17.2 Å². The minimum atomic E-state index is -0.522. The zero-order valence-corrected chi connectivity index (χ0v) is 14.2. The first-order chi connectivity index (χ1) is 12.6. The van der Waals surface area contributed by atoms with Gasteiger partial charge in [0.25, 0.3) is 11.6 Å². The van der Waals surface area contributed by atoms with Gasteiger partial charge in [0.05, 0.1) is 4.92 Å². The molecule has 2 N–H and O–H groups in total. The highest BCUT2D eigenvalue weighted by Gasteiger charge is 2.14. The van der Waals surface area contributed by atoms with Crippen LogP contribution in [0.5, 0.6) is 0 Å². The van der Waals surface area contributed by atoms with Crippen LogP contribution >= 0.6 is 0 Å². The van der Waals surface area contributed by atoms with Gasteiger partial charge < -0.3 is 15.5 Å². The highest BCUT2D eigenvalue weighted by molar-refractivity contribution is 5.94. The van der Waals surface area contributed by atoms with E-state index in [1.165, 1.54) is 37.4 Å². The maximum atomic E-state index is 12.1. The summed E-state index contributed by atoms with van der Waals surface area (Å²) >= 11 is 0. The van der Waals surface area contributed by atoms with Gasteiger partial charge in [0.1, 0.15) is 18.0 Å². The van der Waals surface area contributed by atoms with Crippen LogP contribution in [-0.4, -0.2) is 47.0 Å². The molecule has 0 aliphatic carbocycles. The summed E-state index contributed by atoms with van der Waals surface area (Å²) in [6.45, 7) is 2.87. The lowest BCUT2D eigenvalue weighted by Gasteiger charge is -2.16. The summed E-state index contributed by atoms with van der Waals surface area (Å²) in [6.07, 6.45) is 3.88. The molecular weight excluding hydrogens is 336 g/mol. The van der Waals surface area contributed by atoms with Crippen molar-refractivity contribution in [1.82, 2.24) is 15.3 Å². The Labute approximate surface area is 150 Å². The first-order valence-electron chi connectivity index (χ1n) is 8.47. The molecule has 0 atom stereocenters. The Kier molecular flexibility index (Phi) is 5.57. The van der Waals surface area contributed by atoms with E-state index in [1.54, 1.807) is 6.07 Å². The van der Waals surface area contributed by atoms with Crippen LogP contribution in [0.15, 0.2) is 36.7 Å². The van der Waals surface area contributed by atoms with Crippen molar-refractivity contribution in [3.63, 3.8) is 0 Å². The Morgan fingerprint density at radius 2 is 2.00 bits per heavy atom. The highest BCUT2D eigenvalue weighted by atomic mass is 16.6. The second-order valence-electron chi connectivity index (χ2n) is 5.95. The van der Waals surface area contributed by atoms with Crippen molar-refractivity contribution in [3.8, 4) is 0 Å². The Bertz CT molecular complexity index is 792. The predicted molar refractivity (Wildman–Crippen MR) is 97.4 cm³/mol. The first kappa shape index (κ1) is 17.6. The van der Waals surface area contributed by atoms with E-state index in [9.17, 15) is 14.9 Å². The molecule has 1 fully saturated rings. The molecular formula is C17H20N6O3. The number of benzene rings is 1. The van der Waals surface area contributed by atoms with Crippen molar-refractivity contribution in [2.75, 3.05) is 36.4 Å². The largest absolute Gasteiger partial charge is 0.368 e. The van der Waals surface area contributed by atoms with Crippen LogP contribution in [0, 0.1) is 10.1 Å². The van der Waals surface area contributed by atoms with Gasteiger partial charge in [0.2, 0.25) is 0 Å². The van der Waals surface area contributed by atoms with Gasteiger partial charge in [0.15, 0.2) is 0 Å². The third-order valence-corrected chi connectivity index (χ3v) is 4.12. The van der Waals surface area contributed by atoms with E-state index in [0.29, 0.717) is 18.9 Å². The summed E-state index contributed by atoms with van der Waals surface area (Å²) in [7, 11) is 0. The molecule has 0 unspecified atom stereocenters. The summed E-state index contributed by atoms with van der Waals surface area (Å²) in [5.41, 5.74) is 0.156. The normalized spacial score (nSPS) is 13.5. The first-order valence-corrected chi connectivity index (χ1v) is 8.47. The van der Waals surface area contributed by atoms with Crippen molar-refractivity contribution in [1.29, 1.82) is 0 Å². The van der Waals surface area contributed by atoms with E-state index in [2.05, 4.69) is 25.5 Å². The molecule has 1 amide bonds. The number of anilines is 2. The van der Waals surface area contributed by atoms with Crippen LogP contribution < -0.4 is 15.5 Å². The van der Waals surface area contributed by atoms with Gasteiger partial charge >= 0.3 is 0 Å². The molecule has 1 saturated heterocycles. The smallest absolute Gasteiger partial charge is 0.270 e. The van der Waals surface area contributed by atoms with Crippen LogP contribution in [-0.2, 0) is 0 Å². The molecule has 1 aliphatic heterocycles. The average Bonchev–Trinajstić information content (AvgIpc) is 3.20. The fourth-order valence-electron chi connectivity index (χ4n) is 2.79. The van der Waals surface area contributed by atoms with Crippen LogP contribution in [0.2, 0.25) is 0 Å². The molecule has 0 bridgehead atoms. The molecule has 26 heavy (non-hydrogen) atoms. The SMILES string of the molecule is O=C(NCCNc1cc(N2CCCC2)ncn1)c1cccc([N+](=O)[O-])c1. The van der Waals surface area contributed by atoms with E-state index in [0.717, 1.165) is 18.9 Å². The number of hydrogen-bond donors (Lipinski definition) is 2. The molecule has 9 heteroatoms. The topological polar surface area (TPSA) is 113 Å². The van der Waals surface area contributed by atoms with Crippen LogP contribution in [0.1, 0.15) is 23.2 Å². The van der Waals surface area contributed by atoms with Gasteiger partial charge in [-0.1, -0.05) is 6.07 Å². The molecule has 1 aromatic heterocycles. The summed E-state index contributed by atoms with van der Waals surface area (Å²) in [6, 6.07) is 7.54. The Morgan fingerprint density at radius 1 is 1.19 bits per heavy atom. The second kappa shape index (κ2) is 8.24. The van der Waals surface area contributed by atoms with E-state index in [4.69, 9.17) is 0 Å². The minimum absolute atomic E-state index is 0.105. The quantitative estimate of drug-likeness (QED) is 0.442. The second-order valence-corrected chi connectivity index (χ2v) is 5.95. The van der Waals surface area contributed by atoms with E-state index < -0.39 is 4.92 Å². The number of hydrogen-bond acceptors (Lipinski definition) is 7. The number of rotatable bonds is 7. The number of nitrogens with one attached hydrogen (secondary N) is 2. The minimum Gasteiger partial charge on any atom is -0.368 e. The zero-order valence-electron chi connectivity index (χ0n) is 14.2. The number of nitro benzene ring substituents is 1. The zero-order chi connectivity index (χ0) is 18.4. The predicted octanol–water partition coefficient (Wildman–Crippen LogP) is 1.83. The maximum absolute atomic E-state index is 12.1. The number of carbonyl (C=O) groups is 1. The maximum Gasteiger partial charge on any atom is 0.270 e. The van der Waals surface area contributed by atoms with Crippen LogP contribution in [0.25, 0.3) is 0 Å². The highest BCUT2D eigenvalue weighted by Crippen LogP contribution is 2.19. The summed E-state index contributed by atoms with van der Waals surface area (Å²) in [4.78, 5) is 33.0. The molecule has 3 rings (SSSR count). The van der Waals surface area contributed by atoms with Gasteiger partial charge in [-0.15, -0.1) is 0 Å². The number of aromatic nitrogens is 2. The third-order valence-electron chi connectivity index (χ3n) is 4.12. The number of carbonyl (C=O) groups excluding carboxylic acids is 1. The monoisotopic (exact) mass is 356 g/mol. The lowest BCUT2D eigenvalue weighted by molar-refractivity contribution is -0.384. The van der Waals surface area contributed by atoms with Crippen molar-refractivity contribution in [3.05, 3.63) is 52.3 Å². The molecule has 9 nitrogen and oxygen atoms in total. The lowest BCUT2D eigenvalue weighted by atomic mass is 10.2. The third kappa shape index (κ3) is 4.44. The standard InChI is InChI=1S/C17H20N6O3/c24-17(13-4-3-5-14(10-13)23(25)26)19-7-6-18-15-11-16(21-12-20-15)22-8-1-2-9-22/h3-5,10-12H,1-2,6-9H2,(H,19,24)(H,18,20,21). The van der Waals surface area contributed by atoms with Gasteiger partial charge in [-0.05, 0) is 18.9 Å². The van der Waals surface area contributed by atoms with E-state index >= 15 is 0 Å².